The van der Waals surface area contributed by atoms with E-state index in [0.717, 1.165) is 31.4 Å². The van der Waals surface area contributed by atoms with Crippen LogP contribution in [-0.2, 0) is 6.18 Å². The van der Waals surface area contributed by atoms with Crippen molar-refractivity contribution in [2.24, 2.45) is 5.92 Å². The van der Waals surface area contributed by atoms with Crippen LogP contribution in [0.2, 0.25) is 0 Å². The van der Waals surface area contributed by atoms with Gasteiger partial charge in [-0.1, -0.05) is 6.92 Å². The van der Waals surface area contributed by atoms with Gasteiger partial charge in [0, 0.05) is 17.3 Å². The minimum atomic E-state index is -4.55. The highest BCUT2D eigenvalue weighted by atomic mass is 19.4. The van der Waals surface area contributed by atoms with E-state index >= 15 is 0 Å². The molecule has 0 spiro atoms. The number of halogens is 3. The zero-order chi connectivity index (χ0) is 14.9. The molecule has 0 radical (unpaired) electrons. The number of hydrogen-bond acceptors (Lipinski definition) is 2. The summed E-state index contributed by atoms with van der Waals surface area (Å²) in [5.74, 6) is 0.0621. The summed E-state index contributed by atoms with van der Waals surface area (Å²) in [6, 6.07) is 3.29. The van der Waals surface area contributed by atoms with Gasteiger partial charge in [0.2, 0.25) is 0 Å². The summed E-state index contributed by atoms with van der Waals surface area (Å²) in [7, 11) is 0. The average Bonchev–Trinajstić information content (AvgIpc) is 2.73. The fourth-order valence-electron chi connectivity index (χ4n) is 2.55. The molecule has 110 valence electrons. The standard InChI is InChI=1S/C14H17F3N2O/c1-8-2-4-10(6-8)19-13(20)9-3-5-12(18)11(7-9)14(15,16)17/h3,5,7-8,10H,2,4,6,18H2,1H3,(H,19,20). The van der Waals surface area contributed by atoms with Gasteiger partial charge in [-0.05, 0) is 43.4 Å². The number of carbonyl (C=O) groups excluding carboxylic acids is 1. The Balaban J connectivity index is 2.14. The maximum Gasteiger partial charge on any atom is 0.418 e. The van der Waals surface area contributed by atoms with E-state index in [-0.39, 0.29) is 17.3 Å². The predicted molar refractivity (Wildman–Crippen MR) is 70.1 cm³/mol. The Hall–Kier alpha value is -1.72. The second-order valence-electron chi connectivity index (χ2n) is 5.39. The highest BCUT2D eigenvalue weighted by Crippen LogP contribution is 2.34. The Bertz CT molecular complexity index is 514. The second kappa shape index (κ2) is 5.34. The number of alkyl halides is 3. The number of amides is 1. The van der Waals surface area contributed by atoms with Gasteiger partial charge < -0.3 is 11.1 Å². The molecule has 20 heavy (non-hydrogen) atoms. The Morgan fingerprint density at radius 2 is 2.05 bits per heavy atom. The largest absolute Gasteiger partial charge is 0.418 e. The number of carbonyl (C=O) groups is 1. The van der Waals surface area contributed by atoms with Crippen molar-refractivity contribution in [2.75, 3.05) is 5.73 Å². The van der Waals surface area contributed by atoms with Crippen molar-refractivity contribution in [3.63, 3.8) is 0 Å². The topological polar surface area (TPSA) is 55.1 Å². The van der Waals surface area contributed by atoms with Gasteiger partial charge in [-0.25, -0.2) is 0 Å². The van der Waals surface area contributed by atoms with Crippen LogP contribution in [0.25, 0.3) is 0 Å². The van der Waals surface area contributed by atoms with Crippen molar-refractivity contribution >= 4 is 11.6 Å². The van der Waals surface area contributed by atoms with E-state index in [9.17, 15) is 18.0 Å². The van der Waals surface area contributed by atoms with Gasteiger partial charge in [0.05, 0.1) is 5.56 Å². The molecule has 0 saturated heterocycles. The number of benzene rings is 1. The highest BCUT2D eigenvalue weighted by Gasteiger charge is 2.33. The third-order valence-corrected chi connectivity index (χ3v) is 3.65. The summed E-state index contributed by atoms with van der Waals surface area (Å²) in [4.78, 5) is 12.0. The van der Waals surface area contributed by atoms with Crippen LogP contribution in [0.1, 0.15) is 42.1 Å². The minimum absolute atomic E-state index is 0.00826. The first-order valence-corrected chi connectivity index (χ1v) is 6.55. The van der Waals surface area contributed by atoms with Crippen LogP contribution in [0.5, 0.6) is 0 Å². The molecule has 6 heteroatoms. The predicted octanol–water partition coefficient (Wildman–Crippen LogP) is 3.21. The van der Waals surface area contributed by atoms with Crippen molar-refractivity contribution in [2.45, 2.75) is 38.4 Å². The van der Waals surface area contributed by atoms with Gasteiger partial charge in [-0.3, -0.25) is 4.79 Å². The lowest BCUT2D eigenvalue weighted by molar-refractivity contribution is -0.136. The second-order valence-corrected chi connectivity index (χ2v) is 5.39. The van der Waals surface area contributed by atoms with Gasteiger partial charge >= 0.3 is 6.18 Å². The van der Waals surface area contributed by atoms with Gasteiger partial charge in [0.15, 0.2) is 0 Å². The summed E-state index contributed by atoms with van der Waals surface area (Å²) in [5, 5.41) is 2.78. The maximum atomic E-state index is 12.7. The van der Waals surface area contributed by atoms with Crippen LogP contribution >= 0.6 is 0 Å². The first kappa shape index (κ1) is 14.7. The molecule has 3 N–H and O–H groups in total. The number of rotatable bonds is 2. The summed E-state index contributed by atoms with van der Waals surface area (Å²) in [5.41, 5.74) is 3.96. The quantitative estimate of drug-likeness (QED) is 0.820. The van der Waals surface area contributed by atoms with Crippen LogP contribution in [0.15, 0.2) is 18.2 Å². The molecule has 2 atom stereocenters. The molecule has 1 aliphatic carbocycles. The molecule has 1 aliphatic rings. The van der Waals surface area contributed by atoms with Gasteiger partial charge in [-0.15, -0.1) is 0 Å². The first-order valence-electron chi connectivity index (χ1n) is 6.55. The molecule has 3 nitrogen and oxygen atoms in total. The van der Waals surface area contributed by atoms with Crippen molar-refractivity contribution < 1.29 is 18.0 Å². The molecular formula is C14H17F3N2O. The van der Waals surface area contributed by atoms with E-state index in [1.165, 1.54) is 6.07 Å². The molecule has 1 aromatic rings. The van der Waals surface area contributed by atoms with Crippen LogP contribution in [0.4, 0.5) is 18.9 Å². The molecule has 2 unspecified atom stereocenters. The molecule has 0 aliphatic heterocycles. The molecule has 1 saturated carbocycles. The van der Waals surface area contributed by atoms with Crippen LogP contribution in [-0.4, -0.2) is 11.9 Å². The van der Waals surface area contributed by atoms with E-state index in [2.05, 4.69) is 12.2 Å². The molecule has 1 aromatic carbocycles. The zero-order valence-electron chi connectivity index (χ0n) is 11.1. The van der Waals surface area contributed by atoms with Crippen molar-refractivity contribution in [3.05, 3.63) is 29.3 Å². The molecule has 0 bridgehead atoms. The average molecular weight is 286 g/mol. The molecule has 2 rings (SSSR count). The van der Waals surface area contributed by atoms with Gasteiger partial charge in [0.25, 0.3) is 5.91 Å². The Morgan fingerprint density at radius 3 is 2.60 bits per heavy atom. The lowest BCUT2D eigenvalue weighted by Gasteiger charge is -2.15. The number of nitrogen functional groups attached to an aromatic ring is 1. The summed E-state index contributed by atoms with van der Waals surface area (Å²) < 4.78 is 38.2. The summed E-state index contributed by atoms with van der Waals surface area (Å²) >= 11 is 0. The van der Waals surface area contributed by atoms with E-state index < -0.39 is 17.6 Å². The summed E-state index contributed by atoms with van der Waals surface area (Å²) in [6.07, 6.45) is -1.79. The molecular weight excluding hydrogens is 269 g/mol. The van der Waals surface area contributed by atoms with Crippen molar-refractivity contribution in [1.82, 2.24) is 5.32 Å². The lowest BCUT2D eigenvalue weighted by Crippen LogP contribution is -2.33. The van der Waals surface area contributed by atoms with Crippen molar-refractivity contribution in [3.8, 4) is 0 Å². The third-order valence-electron chi connectivity index (χ3n) is 3.65. The highest BCUT2D eigenvalue weighted by molar-refractivity contribution is 5.95. The van der Waals surface area contributed by atoms with E-state index in [1.54, 1.807) is 0 Å². The van der Waals surface area contributed by atoms with Gasteiger partial charge in [-0.2, -0.15) is 13.2 Å². The van der Waals surface area contributed by atoms with Crippen LogP contribution in [0, 0.1) is 5.92 Å². The van der Waals surface area contributed by atoms with Crippen LogP contribution in [0.3, 0.4) is 0 Å². The fraction of sp³-hybridized carbons (Fsp3) is 0.500. The van der Waals surface area contributed by atoms with E-state index in [4.69, 9.17) is 5.73 Å². The van der Waals surface area contributed by atoms with Crippen LogP contribution < -0.4 is 11.1 Å². The molecule has 0 aromatic heterocycles. The maximum absolute atomic E-state index is 12.7. The molecule has 1 fully saturated rings. The smallest absolute Gasteiger partial charge is 0.398 e. The van der Waals surface area contributed by atoms with Crippen molar-refractivity contribution in [1.29, 1.82) is 0 Å². The number of anilines is 1. The lowest BCUT2D eigenvalue weighted by atomic mass is 10.1. The third kappa shape index (κ3) is 3.23. The first-order chi connectivity index (χ1) is 9.27. The molecule has 0 heterocycles. The Morgan fingerprint density at radius 1 is 1.35 bits per heavy atom. The normalized spacial score (nSPS) is 22.8. The monoisotopic (exact) mass is 286 g/mol. The zero-order valence-corrected chi connectivity index (χ0v) is 11.1. The number of nitrogens with two attached hydrogens (primary N) is 1. The fourth-order valence-corrected chi connectivity index (χ4v) is 2.55. The number of hydrogen-bond donors (Lipinski definition) is 2. The Kier molecular flexibility index (Phi) is 3.92. The van der Waals surface area contributed by atoms with E-state index in [1.807, 2.05) is 0 Å². The molecule has 1 amide bonds. The van der Waals surface area contributed by atoms with E-state index in [0.29, 0.717) is 5.92 Å². The minimum Gasteiger partial charge on any atom is -0.398 e. The SMILES string of the molecule is CC1CCC(NC(=O)c2ccc(N)c(C(F)(F)F)c2)C1. The summed E-state index contributed by atoms with van der Waals surface area (Å²) in [6.45, 7) is 2.09. The Labute approximate surface area is 115 Å². The number of nitrogens with one attached hydrogen (secondary N) is 1. The van der Waals surface area contributed by atoms with Gasteiger partial charge in [0.1, 0.15) is 0 Å².